The maximum absolute atomic E-state index is 12.7. The van der Waals surface area contributed by atoms with Crippen molar-refractivity contribution in [3.8, 4) is 0 Å². The van der Waals surface area contributed by atoms with E-state index < -0.39 is 28.6 Å². The van der Waals surface area contributed by atoms with Crippen molar-refractivity contribution in [1.29, 1.82) is 0 Å². The molecule has 2 fully saturated rings. The number of ether oxygens (including phenoxy) is 1. The molecule has 5 nitrogen and oxygen atoms in total. The molecular weight excluding hydrogens is 308 g/mol. The summed E-state index contributed by atoms with van der Waals surface area (Å²) in [5.74, 6) is -1.99. The fraction of sp³-hybridized carbons (Fsp3) is 0.632. The molecule has 0 aromatic rings. The summed E-state index contributed by atoms with van der Waals surface area (Å²) in [5, 5.41) is 9.89. The second-order valence-corrected chi connectivity index (χ2v) is 7.98. The summed E-state index contributed by atoms with van der Waals surface area (Å²) in [6.45, 7) is 1.72. The minimum absolute atomic E-state index is 0.0155. The number of fused-ring (bicyclic) bond motifs is 2. The lowest BCUT2D eigenvalue weighted by molar-refractivity contribution is -0.159. The zero-order chi connectivity index (χ0) is 17.3. The predicted octanol–water partition coefficient (Wildman–Crippen LogP) is 2.51. The zero-order valence-electron chi connectivity index (χ0n) is 14.0. The highest BCUT2D eigenvalue weighted by atomic mass is 16.5. The van der Waals surface area contributed by atoms with E-state index in [-0.39, 0.29) is 17.7 Å². The Bertz CT molecular complexity index is 717. The third-order valence-corrected chi connectivity index (χ3v) is 6.98. The van der Waals surface area contributed by atoms with Gasteiger partial charge in [-0.2, -0.15) is 0 Å². The summed E-state index contributed by atoms with van der Waals surface area (Å²) in [5.41, 5.74) is 0.574. The van der Waals surface area contributed by atoms with E-state index in [0.29, 0.717) is 19.3 Å². The van der Waals surface area contributed by atoms with Gasteiger partial charge >= 0.3 is 11.9 Å². The average molecular weight is 330 g/mol. The van der Waals surface area contributed by atoms with Gasteiger partial charge in [0.25, 0.3) is 0 Å². The summed E-state index contributed by atoms with van der Waals surface area (Å²) in [6.07, 6.45) is 6.93. The number of methoxy groups -OCH3 is 1. The van der Waals surface area contributed by atoms with Gasteiger partial charge in [-0.15, -0.1) is 0 Å². The van der Waals surface area contributed by atoms with Gasteiger partial charge in [-0.25, -0.2) is 0 Å². The Kier molecular flexibility index (Phi) is 3.12. The Morgan fingerprint density at radius 1 is 1.38 bits per heavy atom. The first-order valence-electron chi connectivity index (χ1n) is 8.59. The van der Waals surface area contributed by atoms with Crippen LogP contribution in [-0.4, -0.2) is 29.9 Å². The first kappa shape index (κ1) is 15.6. The summed E-state index contributed by atoms with van der Waals surface area (Å²) < 4.78 is 5.09. The standard InChI is InChI=1S/C19H22O5/c1-18(17(22)23)7-3-4-11-12-6-5-10-8-19(12,9-13(10)20)15(14(11)18)16(21)24-2/h3-4,10,14-15H,5-9H2,1-2H3,(H,22,23)/t10-,14-,15-,18-,19-/m1/s1. The second-order valence-electron chi connectivity index (χ2n) is 7.98. The van der Waals surface area contributed by atoms with Gasteiger partial charge in [0.05, 0.1) is 18.4 Å². The molecule has 0 unspecified atom stereocenters. The summed E-state index contributed by atoms with van der Waals surface area (Å²) in [6, 6.07) is 0. The molecule has 1 spiro atoms. The molecule has 4 rings (SSSR count). The molecule has 128 valence electrons. The number of carbonyl (C=O) groups is 3. The van der Waals surface area contributed by atoms with E-state index >= 15 is 0 Å². The van der Waals surface area contributed by atoms with Gasteiger partial charge in [-0.05, 0) is 38.2 Å². The molecule has 0 saturated heterocycles. The Labute approximate surface area is 140 Å². The molecular formula is C19H22O5. The number of allylic oxidation sites excluding steroid dienone is 4. The molecule has 5 heteroatoms. The number of ketones is 1. The predicted molar refractivity (Wildman–Crippen MR) is 84.9 cm³/mol. The first-order valence-corrected chi connectivity index (χ1v) is 8.59. The number of aliphatic carboxylic acids is 1. The minimum Gasteiger partial charge on any atom is -0.481 e. The highest BCUT2D eigenvalue weighted by Gasteiger charge is 2.67. The number of hydrogen-bond acceptors (Lipinski definition) is 4. The molecule has 4 aliphatic carbocycles. The lowest BCUT2D eigenvalue weighted by atomic mass is 9.60. The smallest absolute Gasteiger partial charge is 0.310 e. The van der Waals surface area contributed by atoms with Crippen LogP contribution in [0.4, 0.5) is 0 Å². The van der Waals surface area contributed by atoms with Gasteiger partial charge in [0, 0.05) is 23.7 Å². The average Bonchev–Trinajstić information content (AvgIpc) is 2.98. The molecule has 2 saturated carbocycles. The van der Waals surface area contributed by atoms with Crippen molar-refractivity contribution in [2.45, 2.75) is 39.0 Å². The quantitative estimate of drug-likeness (QED) is 0.787. The number of hydrogen-bond donors (Lipinski definition) is 1. The number of Topliss-reactive ketones (excluding diaryl/α,β-unsaturated/α-hetero) is 1. The monoisotopic (exact) mass is 330 g/mol. The van der Waals surface area contributed by atoms with Gasteiger partial charge in [0.2, 0.25) is 0 Å². The Hall–Kier alpha value is -1.91. The largest absolute Gasteiger partial charge is 0.481 e. The van der Waals surface area contributed by atoms with Crippen LogP contribution in [0, 0.1) is 28.6 Å². The van der Waals surface area contributed by atoms with Crippen molar-refractivity contribution in [2.75, 3.05) is 7.11 Å². The van der Waals surface area contributed by atoms with E-state index in [2.05, 4.69) is 0 Å². The van der Waals surface area contributed by atoms with Crippen molar-refractivity contribution in [2.24, 2.45) is 28.6 Å². The number of carboxylic acids is 1. The van der Waals surface area contributed by atoms with Gasteiger partial charge in [-0.1, -0.05) is 17.7 Å². The third-order valence-electron chi connectivity index (χ3n) is 6.98. The van der Waals surface area contributed by atoms with Crippen LogP contribution in [0.3, 0.4) is 0 Å². The molecule has 0 radical (unpaired) electrons. The van der Waals surface area contributed by atoms with E-state index in [1.807, 2.05) is 12.2 Å². The van der Waals surface area contributed by atoms with E-state index in [9.17, 15) is 19.5 Å². The maximum Gasteiger partial charge on any atom is 0.310 e. The normalized spacial score (nSPS) is 42.8. The fourth-order valence-electron chi connectivity index (χ4n) is 5.87. The van der Waals surface area contributed by atoms with Crippen LogP contribution in [0.15, 0.2) is 23.3 Å². The van der Waals surface area contributed by atoms with Crippen molar-refractivity contribution in [3.05, 3.63) is 23.3 Å². The zero-order valence-corrected chi connectivity index (χ0v) is 14.0. The van der Waals surface area contributed by atoms with E-state index in [4.69, 9.17) is 4.74 Å². The van der Waals surface area contributed by atoms with Gasteiger partial charge in [0.1, 0.15) is 5.78 Å². The highest BCUT2D eigenvalue weighted by molar-refractivity contribution is 5.90. The van der Waals surface area contributed by atoms with Gasteiger partial charge in [0.15, 0.2) is 0 Å². The Balaban J connectivity index is 1.94. The van der Waals surface area contributed by atoms with Crippen LogP contribution >= 0.6 is 0 Å². The number of rotatable bonds is 2. The topological polar surface area (TPSA) is 80.7 Å². The van der Waals surface area contributed by atoms with Crippen LogP contribution < -0.4 is 0 Å². The number of carboxylic acid groups (broad SMARTS) is 1. The van der Waals surface area contributed by atoms with Crippen LogP contribution in [-0.2, 0) is 19.1 Å². The summed E-state index contributed by atoms with van der Waals surface area (Å²) in [7, 11) is 1.35. The van der Waals surface area contributed by atoms with Crippen molar-refractivity contribution in [1.82, 2.24) is 0 Å². The van der Waals surface area contributed by atoms with Crippen molar-refractivity contribution in [3.63, 3.8) is 0 Å². The Morgan fingerprint density at radius 3 is 2.79 bits per heavy atom. The van der Waals surface area contributed by atoms with E-state index in [1.165, 1.54) is 7.11 Å². The summed E-state index contributed by atoms with van der Waals surface area (Å²) >= 11 is 0. The van der Waals surface area contributed by atoms with Crippen LogP contribution in [0.2, 0.25) is 0 Å². The lowest BCUT2D eigenvalue weighted by Crippen LogP contribution is -2.46. The summed E-state index contributed by atoms with van der Waals surface area (Å²) in [4.78, 5) is 37.3. The Morgan fingerprint density at radius 2 is 2.12 bits per heavy atom. The first-order chi connectivity index (χ1) is 11.3. The number of carbonyl (C=O) groups excluding carboxylic acids is 2. The van der Waals surface area contributed by atoms with Gasteiger partial charge in [-0.3, -0.25) is 14.4 Å². The molecule has 4 aliphatic rings. The van der Waals surface area contributed by atoms with E-state index in [0.717, 1.165) is 24.0 Å². The molecule has 0 heterocycles. The highest BCUT2D eigenvalue weighted by Crippen LogP contribution is 2.68. The van der Waals surface area contributed by atoms with Crippen LogP contribution in [0.5, 0.6) is 0 Å². The maximum atomic E-state index is 12.7. The second kappa shape index (κ2) is 4.80. The molecule has 1 N–H and O–H groups in total. The molecule has 2 bridgehead atoms. The van der Waals surface area contributed by atoms with E-state index in [1.54, 1.807) is 6.92 Å². The lowest BCUT2D eigenvalue weighted by Gasteiger charge is -2.41. The minimum atomic E-state index is -1.04. The van der Waals surface area contributed by atoms with Crippen LogP contribution in [0.25, 0.3) is 0 Å². The molecule has 24 heavy (non-hydrogen) atoms. The molecule has 0 aromatic heterocycles. The SMILES string of the molecule is COC(=O)[C@H]1[C@H]2C(=C3CC[C@@H]4C[C@@]31CC4=O)C=CC[C@@]2(C)C(=O)O. The van der Waals surface area contributed by atoms with Crippen molar-refractivity contribution >= 4 is 17.7 Å². The molecule has 0 amide bonds. The van der Waals surface area contributed by atoms with Gasteiger partial charge < -0.3 is 9.84 Å². The third kappa shape index (κ3) is 1.68. The molecule has 0 aliphatic heterocycles. The molecule has 0 aromatic carbocycles. The number of esters is 1. The molecule has 5 atom stereocenters. The van der Waals surface area contributed by atoms with Crippen LogP contribution in [0.1, 0.15) is 39.0 Å². The fourth-order valence-corrected chi connectivity index (χ4v) is 5.87. The van der Waals surface area contributed by atoms with Crippen molar-refractivity contribution < 1.29 is 24.2 Å².